The van der Waals surface area contributed by atoms with Gasteiger partial charge in [0.2, 0.25) is 0 Å². The van der Waals surface area contributed by atoms with Gasteiger partial charge in [0.25, 0.3) is 0 Å². The topological polar surface area (TPSA) is 53.3 Å². The Balaban J connectivity index is 1.70. The summed E-state index contributed by atoms with van der Waals surface area (Å²) in [7, 11) is 0. The van der Waals surface area contributed by atoms with Crippen molar-refractivity contribution in [3.8, 4) is 11.4 Å². The highest BCUT2D eigenvalue weighted by Gasteiger charge is 2.43. The number of hydrogen-bond acceptors (Lipinski definition) is 3. The van der Waals surface area contributed by atoms with Crippen molar-refractivity contribution in [2.75, 3.05) is 4.90 Å². The van der Waals surface area contributed by atoms with Crippen LogP contribution in [0.25, 0.3) is 5.69 Å². The highest BCUT2D eigenvalue weighted by atomic mass is 32.1. The van der Waals surface area contributed by atoms with E-state index in [9.17, 15) is 5.11 Å². The van der Waals surface area contributed by atoms with E-state index >= 15 is 0 Å². The second kappa shape index (κ2) is 8.13. The minimum Gasteiger partial charge on any atom is -0.506 e. The number of phenols is 1. The zero-order valence-corrected chi connectivity index (χ0v) is 18.8. The van der Waals surface area contributed by atoms with Gasteiger partial charge in [-0.25, -0.2) is 0 Å². The third-order valence-corrected chi connectivity index (χ3v) is 6.36. The van der Waals surface area contributed by atoms with Gasteiger partial charge in [-0.2, -0.15) is 0 Å². The minimum absolute atomic E-state index is 0.159. The molecule has 2 unspecified atom stereocenters. The minimum atomic E-state index is -0.172. The van der Waals surface area contributed by atoms with Crippen LogP contribution in [0.15, 0.2) is 85.1 Å². The van der Waals surface area contributed by atoms with E-state index in [1.807, 2.05) is 59.5 Å². The van der Waals surface area contributed by atoms with Crippen LogP contribution in [0.4, 0.5) is 5.69 Å². The molecule has 2 aromatic carbocycles. The van der Waals surface area contributed by atoms with Gasteiger partial charge < -0.3 is 19.9 Å². The largest absolute Gasteiger partial charge is 0.506 e. The Morgan fingerprint density at radius 2 is 1.66 bits per heavy atom. The molecule has 4 aromatic rings. The molecule has 0 radical (unpaired) electrons. The van der Waals surface area contributed by atoms with Crippen LogP contribution >= 0.6 is 12.2 Å². The van der Waals surface area contributed by atoms with E-state index in [2.05, 4.69) is 46.9 Å². The van der Waals surface area contributed by atoms with Crippen LogP contribution < -0.4 is 10.2 Å². The van der Waals surface area contributed by atoms with E-state index < -0.39 is 0 Å². The average Bonchev–Trinajstić information content (AvgIpc) is 3.30. The lowest BCUT2D eigenvalue weighted by atomic mass is 9.96. The van der Waals surface area contributed by atoms with E-state index in [1.54, 1.807) is 12.3 Å². The summed E-state index contributed by atoms with van der Waals surface area (Å²) in [5.74, 6) is 0.195. The normalized spacial score (nSPS) is 18.1. The van der Waals surface area contributed by atoms with Crippen molar-refractivity contribution < 1.29 is 5.11 Å². The van der Waals surface area contributed by atoms with Crippen molar-refractivity contribution >= 4 is 23.0 Å². The number of hydrogen-bond donors (Lipinski definition) is 2. The van der Waals surface area contributed by atoms with Gasteiger partial charge in [0.05, 0.1) is 23.5 Å². The van der Waals surface area contributed by atoms with E-state index in [-0.39, 0.29) is 17.8 Å². The second-order valence-corrected chi connectivity index (χ2v) is 8.37. The second-order valence-electron chi connectivity index (χ2n) is 7.98. The molecular formula is C26H24N4OS. The first-order valence-corrected chi connectivity index (χ1v) is 11.0. The molecule has 1 aliphatic rings. The number of nitrogens with one attached hydrogen (secondary N) is 1. The van der Waals surface area contributed by atoms with Crippen LogP contribution in [0.3, 0.4) is 0 Å². The lowest BCUT2D eigenvalue weighted by Gasteiger charge is -2.28. The van der Waals surface area contributed by atoms with Crippen LogP contribution in [0, 0.1) is 13.8 Å². The van der Waals surface area contributed by atoms with Crippen molar-refractivity contribution in [2.45, 2.75) is 25.9 Å². The lowest BCUT2D eigenvalue weighted by Crippen LogP contribution is -2.29. The van der Waals surface area contributed by atoms with Gasteiger partial charge in [-0.15, -0.1) is 0 Å². The number of para-hydroxylation sites is 3. The molecule has 0 aliphatic carbocycles. The Kier molecular flexibility index (Phi) is 5.15. The van der Waals surface area contributed by atoms with Crippen molar-refractivity contribution in [3.63, 3.8) is 0 Å². The number of aryl methyl sites for hydroxylation is 1. The molecule has 160 valence electrons. The lowest BCUT2D eigenvalue weighted by molar-refractivity contribution is 0.472. The Bertz CT molecular complexity index is 1270. The number of nitrogens with zero attached hydrogens (tertiary/aromatic N) is 3. The van der Waals surface area contributed by atoms with Crippen molar-refractivity contribution in [1.29, 1.82) is 0 Å². The number of phenolic OH excluding ortho intramolecular Hbond substituents is 1. The van der Waals surface area contributed by atoms with Gasteiger partial charge in [-0.1, -0.05) is 36.4 Å². The molecule has 1 saturated heterocycles. The van der Waals surface area contributed by atoms with Crippen LogP contribution in [-0.4, -0.2) is 19.8 Å². The standard InChI is InChI=1S/C26H24N4OS/c1-17-16-20(18(2)29(17)19-10-4-3-5-11-19)25-24(21-12-8-9-15-27-21)28-26(32)30(25)22-13-6-7-14-23(22)31/h3-16,24-25,31H,1-2H3,(H,28,32). The Labute approximate surface area is 193 Å². The maximum Gasteiger partial charge on any atom is 0.174 e. The number of aromatic nitrogens is 2. The van der Waals surface area contributed by atoms with Crippen molar-refractivity contribution in [2.24, 2.45) is 0 Å². The fourth-order valence-electron chi connectivity index (χ4n) is 4.66. The molecule has 1 aliphatic heterocycles. The first kappa shape index (κ1) is 20.3. The summed E-state index contributed by atoms with van der Waals surface area (Å²) in [5.41, 5.74) is 6.11. The van der Waals surface area contributed by atoms with Crippen molar-refractivity contribution in [1.82, 2.24) is 14.9 Å². The summed E-state index contributed by atoms with van der Waals surface area (Å²) in [6.07, 6.45) is 1.80. The van der Waals surface area contributed by atoms with Crippen LogP contribution in [-0.2, 0) is 0 Å². The molecule has 2 N–H and O–H groups in total. The Hall–Kier alpha value is -3.64. The Morgan fingerprint density at radius 1 is 0.938 bits per heavy atom. The van der Waals surface area contributed by atoms with Crippen molar-refractivity contribution in [3.05, 3.63) is 108 Å². The van der Waals surface area contributed by atoms with E-state index in [0.29, 0.717) is 10.8 Å². The molecule has 2 aromatic heterocycles. The van der Waals surface area contributed by atoms with Gasteiger partial charge >= 0.3 is 0 Å². The molecule has 0 spiro atoms. The molecule has 2 atom stereocenters. The number of aromatic hydroxyl groups is 1. The van der Waals surface area contributed by atoms with Crippen LogP contribution in [0.2, 0.25) is 0 Å². The molecule has 5 rings (SSSR count). The molecular weight excluding hydrogens is 416 g/mol. The van der Waals surface area contributed by atoms with Gasteiger partial charge in [0.15, 0.2) is 5.11 Å². The third kappa shape index (κ3) is 3.33. The quantitative estimate of drug-likeness (QED) is 0.418. The SMILES string of the molecule is Cc1cc(C2C(c3ccccn3)NC(=S)N2c2ccccc2O)c(C)n1-c1ccccc1. The highest BCUT2D eigenvalue weighted by Crippen LogP contribution is 2.45. The molecule has 6 heteroatoms. The third-order valence-electron chi connectivity index (χ3n) is 6.04. The first-order valence-electron chi connectivity index (χ1n) is 10.6. The maximum atomic E-state index is 10.7. The summed E-state index contributed by atoms with van der Waals surface area (Å²) in [6, 6.07) is 25.4. The zero-order chi connectivity index (χ0) is 22.2. The van der Waals surface area contributed by atoms with Gasteiger partial charge in [-0.3, -0.25) is 4.98 Å². The number of benzene rings is 2. The monoisotopic (exact) mass is 440 g/mol. The number of thiocarbonyl (C=S) groups is 1. The summed E-state index contributed by atoms with van der Waals surface area (Å²) in [6.45, 7) is 4.25. The summed E-state index contributed by atoms with van der Waals surface area (Å²) >= 11 is 5.78. The molecule has 0 bridgehead atoms. The summed E-state index contributed by atoms with van der Waals surface area (Å²) in [4.78, 5) is 6.64. The number of pyridine rings is 1. The molecule has 1 fully saturated rings. The molecule has 5 nitrogen and oxygen atoms in total. The van der Waals surface area contributed by atoms with Gasteiger partial charge in [0, 0.05) is 23.3 Å². The smallest absolute Gasteiger partial charge is 0.174 e. The molecule has 32 heavy (non-hydrogen) atoms. The van der Waals surface area contributed by atoms with E-state index in [1.165, 1.54) is 0 Å². The Morgan fingerprint density at radius 3 is 2.38 bits per heavy atom. The van der Waals surface area contributed by atoms with Gasteiger partial charge in [-0.05, 0) is 74.1 Å². The predicted molar refractivity (Wildman–Crippen MR) is 131 cm³/mol. The van der Waals surface area contributed by atoms with Crippen LogP contribution in [0.5, 0.6) is 5.75 Å². The van der Waals surface area contributed by atoms with E-state index in [4.69, 9.17) is 12.2 Å². The van der Waals surface area contributed by atoms with Gasteiger partial charge in [0.1, 0.15) is 5.75 Å². The van der Waals surface area contributed by atoms with Crippen LogP contribution in [0.1, 0.15) is 34.7 Å². The van der Waals surface area contributed by atoms with E-state index in [0.717, 1.165) is 28.3 Å². The summed E-state index contributed by atoms with van der Waals surface area (Å²) < 4.78 is 2.26. The zero-order valence-electron chi connectivity index (χ0n) is 17.9. The molecule has 0 amide bonds. The summed E-state index contributed by atoms with van der Waals surface area (Å²) in [5, 5.41) is 14.7. The molecule has 3 heterocycles. The predicted octanol–water partition coefficient (Wildman–Crippen LogP) is 5.37. The maximum absolute atomic E-state index is 10.7. The average molecular weight is 441 g/mol. The fourth-order valence-corrected chi connectivity index (χ4v) is 5.00. The highest BCUT2D eigenvalue weighted by molar-refractivity contribution is 7.80. The molecule has 0 saturated carbocycles. The number of rotatable bonds is 4. The number of anilines is 1. The first-order chi connectivity index (χ1) is 15.6. The fraction of sp³-hybridized carbons (Fsp3) is 0.154.